The van der Waals surface area contributed by atoms with E-state index in [1.54, 1.807) is 13.0 Å². The maximum atomic E-state index is 10.8. The minimum atomic E-state index is -0.522. The number of aryl methyl sites for hydroxylation is 1. The molecular weight excluding hydrogens is 170 g/mol. The van der Waals surface area contributed by atoms with Gasteiger partial charge >= 0.3 is 6.09 Å². The Hall–Kier alpha value is -1.78. The summed E-state index contributed by atoms with van der Waals surface area (Å²) in [6.45, 7) is 1.79. The molecule has 0 spiro atoms. The van der Waals surface area contributed by atoms with Gasteiger partial charge in [-0.2, -0.15) is 0 Å². The first kappa shape index (κ1) is 9.31. The summed E-state index contributed by atoms with van der Waals surface area (Å²) in [6.07, 6.45) is 0.878. The summed E-state index contributed by atoms with van der Waals surface area (Å²) >= 11 is 0. The quantitative estimate of drug-likeness (QED) is 0.668. The van der Waals surface area contributed by atoms with Crippen molar-refractivity contribution in [2.45, 2.75) is 6.92 Å². The number of rotatable bonds is 1. The molecule has 0 saturated heterocycles. The highest BCUT2D eigenvalue weighted by Crippen LogP contribution is 2.15. The topological polar surface area (TPSA) is 77.2 Å². The van der Waals surface area contributed by atoms with Crippen LogP contribution in [0, 0.1) is 6.92 Å². The van der Waals surface area contributed by atoms with Gasteiger partial charge in [0.1, 0.15) is 5.82 Å². The molecule has 5 nitrogen and oxygen atoms in total. The summed E-state index contributed by atoms with van der Waals surface area (Å²) in [4.78, 5) is 14.6. The van der Waals surface area contributed by atoms with Gasteiger partial charge in [-0.15, -0.1) is 0 Å². The largest absolute Gasteiger partial charge is 0.412 e. The number of carbonyl (C=O) groups is 1. The Morgan fingerprint density at radius 3 is 2.92 bits per heavy atom. The lowest BCUT2D eigenvalue weighted by Crippen LogP contribution is -2.22. The fraction of sp³-hybridized carbons (Fsp3) is 0.250. The maximum Gasteiger partial charge on any atom is 0.412 e. The van der Waals surface area contributed by atoms with E-state index in [9.17, 15) is 4.79 Å². The van der Waals surface area contributed by atoms with Crippen molar-refractivity contribution >= 4 is 11.9 Å². The van der Waals surface area contributed by atoms with E-state index >= 15 is 0 Å². The molecule has 1 aromatic rings. The number of anilines is 1. The third-order valence-electron chi connectivity index (χ3n) is 1.51. The van der Waals surface area contributed by atoms with Gasteiger partial charge in [-0.3, -0.25) is 0 Å². The van der Waals surface area contributed by atoms with Crippen molar-refractivity contribution in [3.05, 3.63) is 17.8 Å². The number of ether oxygens (including phenoxy) is 1. The normalized spacial score (nSPS) is 9.38. The summed E-state index contributed by atoms with van der Waals surface area (Å²) < 4.78 is 4.83. The van der Waals surface area contributed by atoms with Crippen LogP contribution in [0.25, 0.3) is 0 Å². The van der Waals surface area contributed by atoms with Crippen LogP contribution < -0.4 is 15.8 Å². The molecule has 0 aliphatic heterocycles. The van der Waals surface area contributed by atoms with Crippen LogP contribution >= 0.6 is 0 Å². The number of nitrogen functional groups attached to an aromatic ring is 1. The van der Waals surface area contributed by atoms with E-state index in [4.69, 9.17) is 10.5 Å². The Kier molecular flexibility index (Phi) is 2.69. The number of aromatic nitrogens is 1. The number of carbonyl (C=O) groups excluding carboxylic acids is 1. The van der Waals surface area contributed by atoms with Crippen molar-refractivity contribution < 1.29 is 9.53 Å². The fourth-order valence-electron chi connectivity index (χ4n) is 0.773. The average molecular weight is 181 g/mol. The molecule has 0 aliphatic carbocycles. The van der Waals surface area contributed by atoms with Gasteiger partial charge in [0.25, 0.3) is 0 Å². The van der Waals surface area contributed by atoms with Gasteiger partial charge in [0, 0.05) is 7.05 Å². The second-order valence-corrected chi connectivity index (χ2v) is 2.51. The number of nitrogens with zero attached hydrogens (tertiary/aromatic N) is 1. The van der Waals surface area contributed by atoms with Crippen molar-refractivity contribution in [3.8, 4) is 5.75 Å². The summed E-state index contributed by atoms with van der Waals surface area (Å²) in [5, 5.41) is 2.33. The van der Waals surface area contributed by atoms with Crippen LogP contribution in [0.1, 0.15) is 5.56 Å². The number of nitrogens with two attached hydrogens (primary N) is 1. The predicted octanol–water partition coefficient (Wildman–Crippen LogP) is 0.690. The Morgan fingerprint density at radius 1 is 1.69 bits per heavy atom. The number of amides is 1. The Morgan fingerprint density at radius 2 is 2.38 bits per heavy atom. The molecule has 1 rings (SSSR count). The standard InChI is InChI=1S/C8H11N3O2/c1-5-3-6(4-11-7(5)9)13-8(12)10-2/h3-4H,1-2H3,(H2,9,11)(H,10,12). The Bertz CT molecular complexity index is 325. The highest BCUT2D eigenvalue weighted by molar-refractivity contribution is 5.69. The summed E-state index contributed by atoms with van der Waals surface area (Å²) in [7, 11) is 1.49. The molecule has 5 heteroatoms. The van der Waals surface area contributed by atoms with Crippen molar-refractivity contribution in [3.63, 3.8) is 0 Å². The highest BCUT2D eigenvalue weighted by Gasteiger charge is 2.03. The molecule has 1 aromatic heterocycles. The van der Waals surface area contributed by atoms with E-state index in [-0.39, 0.29) is 0 Å². The third kappa shape index (κ3) is 2.33. The number of nitrogens with one attached hydrogen (secondary N) is 1. The minimum absolute atomic E-state index is 0.381. The van der Waals surface area contributed by atoms with E-state index in [2.05, 4.69) is 10.3 Å². The zero-order chi connectivity index (χ0) is 9.84. The van der Waals surface area contributed by atoms with Gasteiger partial charge < -0.3 is 15.8 Å². The van der Waals surface area contributed by atoms with Crippen LogP contribution in [0.4, 0.5) is 10.6 Å². The second-order valence-electron chi connectivity index (χ2n) is 2.51. The molecule has 0 aliphatic rings. The van der Waals surface area contributed by atoms with Gasteiger partial charge in [-0.25, -0.2) is 9.78 Å². The zero-order valence-electron chi connectivity index (χ0n) is 7.50. The van der Waals surface area contributed by atoms with Gasteiger partial charge in [0.05, 0.1) is 6.20 Å². The summed E-state index contributed by atoms with van der Waals surface area (Å²) in [5.74, 6) is 0.815. The first-order valence-corrected chi connectivity index (χ1v) is 3.75. The SMILES string of the molecule is CNC(=O)Oc1cnc(N)c(C)c1. The third-order valence-corrected chi connectivity index (χ3v) is 1.51. The van der Waals surface area contributed by atoms with Gasteiger partial charge in [0.15, 0.2) is 5.75 Å². The number of hydrogen-bond acceptors (Lipinski definition) is 4. The second kappa shape index (κ2) is 3.75. The minimum Gasteiger partial charge on any atom is -0.409 e. The van der Waals surface area contributed by atoms with Crippen LogP contribution in [0.2, 0.25) is 0 Å². The maximum absolute atomic E-state index is 10.8. The molecule has 70 valence electrons. The lowest BCUT2D eigenvalue weighted by atomic mass is 10.3. The van der Waals surface area contributed by atoms with E-state index in [1.807, 2.05) is 0 Å². The van der Waals surface area contributed by atoms with Crippen molar-refractivity contribution in [1.29, 1.82) is 0 Å². The average Bonchev–Trinajstić information content (AvgIpc) is 2.11. The van der Waals surface area contributed by atoms with Crippen LogP contribution in [0.3, 0.4) is 0 Å². The molecule has 3 N–H and O–H groups in total. The molecule has 0 fully saturated rings. The van der Waals surface area contributed by atoms with Crippen LogP contribution in [0.5, 0.6) is 5.75 Å². The molecule has 0 aromatic carbocycles. The van der Waals surface area contributed by atoms with Gasteiger partial charge in [0.2, 0.25) is 0 Å². The Balaban J connectivity index is 2.79. The van der Waals surface area contributed by atoms with E-state index in [0.717, 1.165) is 5.56 Å². The zero-order valence-corrected chi connectivity index (χ0v) is 7.50. The number of pyridine rings is 1. The molecule has 0 saturated carbocycles. The lowest BCUT2D eigenvalue weighted by molar-refractivity contribution is 0.203. The van der Waals surface area contributed by atoms with Crippen LogP contribution in [-0.2, 0) is 0 Å². The van der Waals surface area contributed by atoms with Crippen molar-refractivity contribution in [2.24, 2.45) is 0 Å². The van der Waals surface area contributed by atoms with E-state index in [1.165, 1.54) is 13.2 Å². The lowest BCUT2D eigenvalue weighted by Gasteiger charge is -2.04. The summed E-state index contributed by atoms with van der Waals surface area (Å²) in [6, 6.07) is 1.65. The van der Waals surface area contributed by atoms with Gasteiger partial charge in [-0.05, 0) is 18.6 Å². The highest BCUT2D eigenvalue weighted by atomic mass is 16.6. The monoisotopic (exact) mass is 181 g/mol. The number of hydrogen-bond donors (Lipinski definition) is 2. The molecule has 1 amide bonds. The predicted molar refractivity (Wildman–Crippen MR) is 48.5 cm³/mol. The van der Waals surface area contributed by atoms with Crippen LogP contribution in [0.15, 0.2) is 12.3 Å². The first-order valence-electron chi connectivity index (χ1n) is 3.75. The Labute approximate surface area is 75.9 Å². The van der Waals surface area contributed by atoms with Gasteiger partial charge in [-0.1, -0.05) is 0 Å². The molecule has 0 bridgehead atoms. The van der Waals surface area contributed by atoms with Crippen LogP contribution in [-0.4, -0.2) is 18.1 Å². The molecular formula is C8H11N3O2. The summed E-state index contributed by atoms with van der Waals surface area (Å²) in [5.41, 5.74) is 6.26. The molecule has 0 unspecified atom stereocenters. The fourth-order valence-corrected chi connectivity index (χ4v) is 0.773. The molecule has 1 heterocycles. The van der Waals surface area contributed by atoms with E-state index < -0.39 is 6.09 Å². The molecule has 0 atom stereocenters. The van der Waals surface area contributed by atoms with Crippen molar-refractivity contribution in [1.82, 2.24) is 10.3 Å². The smallest absolute Gasteiger partial charge is 0.409 e. The van der Waals surface area contributed by atoms with Crippen molar-refractivity contribution in [2.75, 3.05) is 12.8 Å². The molecule has 13 heavy (non-hydrogen) atoms. The first-order chi connectivity index (χ1) is 6.13. The van der Waals surface area contributed by atoms with E-state index in [0.29, 0.717) is 11.6 Å². The molecule has 0 radical (unpaired) electrons.